The smallest absolute Gasteiger partial charge is 0.244 e. The molecule has 0 aromatic heterocycles. The molecule has 0 saturated heterocycles. The van der Waals surface area contributed by atoms with Gasteiger partial charge in [-0.05, 0) is 0 Å². The van der Waals surface area contributed by atoms with E-state index >= 15 is 0 Å². The van der Waals surface area contributed by atoms with Crippen LogP contribution in [0.15, 0.2) is 0 Å². The Hall–Kier alpha value is -0.0500. The molecule has 0 aliphatic rings. The third-order valence-electron chi connectivity index (χ3n) is 1.71. The van der Waals surface area contributed by atoms with Crippen LogP contribution in [0.3, 0.4) is 0 Å². The minimum absolute atomic E-state index is 3.25. The Labute approximate surface area is 98.7 Å². The Kier molecular flexibility index (Phi) is 4.55. The zero-order valence-electron chi connectivity index (χ0n) is 7.44. The summed E-state index contributed by atoms with van der Waals surface area (Å²) in [6.07, 6.45) is 0. The monoisotopic (exact) mass is 316 g/mol. The lowest BCUT2D eigenvalue weighted by Crippen LogP contribution is -2.64. The van der Waals surface area contributed by atoms with Gasteiger partial charge in [-0.25, -0.2) is 4.39 Å². The molecular formula is C6H3Cl2F9. The van der Waals surface area contributed by atoms with Crippen molar-refractivity contribution in [1.29, 1.82) is 0 Å². The Morgan fingerprint density at radius 1 is 0.765 bits per heavy atom. The summed E-state index contributed by atoms with van der Waals surface area (Å²) < 4.78 is 111. The van der Waals surface area contributed by atoms with Crippen LogP contribution in [0.5, 0.6) is 0 Å². The first-order valence-electron chi connectivity index (χ1n) is 3.61. The summed E-state index contributed by atoms with van der Waals surface area (Å²) in [5.41, 5.74) is 0. The van der Waals surface area contributed by atoms with E-state index < -0.39 is 35.2 Å². The standard InChI is InChI=1S/C6H3Cl2F9/c7-2(8)4(12,13)6(16,17)5(14,15)3(10,11)1-9/h2H,1H2. The van der Waals surface area contributed by atoms with Crippen LogP contribution in [0.2, 0.25) is 0 Å². The molecule has 17 heavy (non-hydrogen) atoms. The Morgan fingerprint density at radius 3 is 1.35 bits per heavy atom. The minimum atomic E-state index is -6.65. The summed E-state index contributed by atoms with van der Waals surface area (Å²) in [7, 11) is 0. The van der Waals surface area contributed by atoms with E-state index in [0.717, 1.165) is 0 Å². The van der Waals surface area contributed by atoms with E-state index in [1.807, 2.05) is 0 Å². The maximum atomic E-state index is 12.6. The third-order valence-corrected chi connectivity index (χ3v) is 2.26. The first kappa shape index (κ1) is 16.9. The van der Waals surface area contributed by atoms with Gasteiger partial charge in [-0.2, -0.15) is 35.1 Å². The molecule has 0 aromatic rings. The maximum absolute atomic E-state index is 12.6. The molecule has 0 fully saturated rings. The second kappa shape index (κ2) is 4.56. The number of hydrogen-bond donors (Lipinski definition) is 0. The first-order valence-corrected chi connectivity index (χ1v) is 4.48. The van der Waals surface area contributed by atoms with Gasteiger partial charge in [-0.1, -0.05) is 23.2 Å². The molecule has 11 heteroatoms. The van der Waals surface area contributed by atoms with Crippen molar-refractivity contribution in [2.75, 3.05) is 6.67 Å². The molecule has 0 nitrogen and oxygen atoms in total. The summed E-state index contributed by atoms with van der Waals surface area (Å²) in [5.74, 6) is -25.1. The average molecular weight is 317 g/mol. The lowest BCUT2D eigenvalue weighted by Gasteiger charge is -2.36. The van der Waals surface area contributed by atoms with Crippen molar-refractivity contribution in [2.24, 2.45) is 0 Å². The molecule has 0 aromatic carbocycles. The molecular weight excluding hydrogens is 314 g/mol. The summed E-state index contributed by atoms with van der Waals surface area (Å²) in [5, 5.41) is 0. The molecule has 0 saturated carbocycles. The number of halogens is 11. The van der Waals surface area contributed by atoms with Gasteiger partial charge >= 0.3 is 23.7 Å². The van der Waals surface area contributed by atoms with Gasteiger partial charge in [0.2, 0.25) is 0 Å². The fourth-order valence-electron chi connectivity index (χ4n) is 0.660. The quantitative estimate of drug-likeness (QED) is 0.524. The molecule has 0 unspecified atom stereocenters. The van der Waals surface area contributed by atoms with Crippen molar-refractivity contribution in [1.82, 2.24) is 0 Å². The summed E-state index contributed by atoms with van der Waals surface area (Å²) >= 11 is 8.63. The topological polar surface area (TPSA) is 0 Å². The van der Waals surface area contributed by atoms with E-state index in [0.29, 0.717) is 0 Å². The van der Waals surface area contributed by atoms with Gasteiger partial charge < -0.3 is 0 Å². The van der Waals surface area contributed by atoms with E-state index in [4.69, 9.17) is 0 Å². The highest BCUT2D eigenvalue weighted by Crippen LogP contribution is 2.54. The van der Waals surface area contributed by atoms with Gasteiger partial charge in [0.15, 0.2) is 11.5 Å². The van der Waals surface area contributed by atoms with Gasteiger partial charge in [0, 0.05) is 0 Å². The van der Waals surface area contributed by atoms with Crippen molar-refractivity contribution in [3.63, 3.8) is 0 Å². The van der Waals surface area contributed by atoms with E-state index in [-0.39, 0.29) is 0 Å². The fraction of sp³-hybridized carbons (Fsp3) is 1.00. The highest BCUT2D eigenvalue weighted by molar-refractivity contribution is 6.45. The summed E-state index contributed by atoms with van der Waals surface area (Å²) in [4.78, 5) is -3.38. The molecule has 0 radical (unpaired) electrons. The third kappa shape index (κ3) is 2.40. The molecule has 0 bridgehead atoms. The van der Waals surface area contributed by atoms with E-state index in [2.05, 4.69) is 23.2 Å². The fourth-order valence-corrected chi connectivity index (χ4v) is 0.934. The zero-order chi connectivity index (χ0) is 14.3. The van der Waals surface area contributed by atoms with Crippen LogP contribution < -0.4 is 0 Å². The molecule has 0 heterocycles. The van der Waals surface area contributed by atoms with Crippen molar-refractivity contribution in [2.45, 2.75) is 28.5 Å². The van der Waals surface area contributed by atoms with Crippen LogP contribution in [0.1, 0.15) is 0 Å². The van der Waals surface area contributed by atoms with Gasteiger partial charge in [-0.3, -0.25) is 0 Å². The second-order valence-corrected chi connectivity index (χ2v) is 4.01. The predicted molar refractivity (Wildman–Crippen MR) is 41.3 cm³/mol. The van der Waals surface area contributed by atoms with Gasteiger partial charge in [0.05, 0.1) is 0 Å². The van der Waals surface area contributed by atoms with Crippen LogP contribution in [-0.4, -0.2) is 35.2 Å². The Balaban J connectivity index is 5.61. The van der Waals surface area contributed by atoms with Crippen molar-refractivity contribution in [3.05, 3.63) is 0 Å². The maximum Gasteiger partial charge on any atom is 0.381 e. The van der Waals surface area contributed by atoms with E-state index in [1.54, 1.807) is 0 Å². The van der Waals surface area contributed by atoms with E-state index in [9.17, 15) is 39.5 Å². The SMILES string of the molecule is FCC(F)(F)C(F)(F)C(F)(F)C(F)(F)C(Cl)Cl. The van der Waals surface area contributed by atoms with Crippen LogP contribution in [0, 0.1) is 0 Å². The summed E-state index contributed by atoms with van der Waals surface area (Å²) in [6, 6.07) is 0. The average Bonchev–Trinajstić information content (AvgIpc) is 2.16. The predicted octanol–water partition coefficient (Wildman–Crippen LogP) is 4.30. The highest BCUT2D eigenvalue weighted by atomic mass is 35.5. The molecule has 0 atom stereocenters. The molecule has 0 amide bonds. The lowest BCUT2D eigenvalue weighted by molar-refractivity contribution is -0.364. The van der Waals surface area contributed by atoms with Crippen LogP contribution in [0.25, 0.3) is 0 Å². The number of rotatable bonds is 5. The van der Waals surface area contributed by atoms with Crippen molar-refractivity contribution in [3.8, 4) is 0 Å². The highest BCUT2D eigenvalue weighted by Gasteiger charge is 2.81. The Bertz CT molecular complexity index is 275. The second-order valence-electron chi connectivity index (χ2n) is 2.91. The zero-order valence-corrected chi connectivity index (χ0v) is 8.95. The lowest BCUT2D eigenvalue weighted by atomic mass is 10.0. The molecule has 104 valence electrons. The molecule has 0 rings (SSSR count). The van der Waals surface area contributed by atoms with Crippen LogP contribution >= 0.6 is 23.2 Å². The van der Waals surface area contributed by atoms with Gasteiger partial charge in [-0.15, -0.1) is 0 Å². The molecule has 0 spiro atoms. The Morgan fingerprint density at radius 2 is 1.12 bits per heavy atom. The van der Waals surface area contributed by atoms with Crippen molar-refractivity contribution < 1.29 is 39.5 Å². The van der Waals surface area contributed by atoms with Gasteiger partial charge in [0.1, 0.15) is 0 Å². The van der Waals surface area contributed by atoms with Crippen molar-refractivity contribution >= 4 is 23.2 Å². The summed E-state index contributed by atoms with van der Waals surface area (Å²) in [6.45, 7) is -3.25. The number of alkyl halides is 11. The van der Waals surface area contributed by atoms with Crippen LogP contribution in [0.4, 0.5) is 39.5 Å². The minimum Gasteiger partial charge on any atom is -0.244 e. The molecule has 0 N–H and O–H groups in total. The molecule has 0 aliphatic carbocycles. The van der Waals surface area contributed by atoms with Gasteiger partial charge in [0.25, 0.3) is 0 Å². The first-order chi connectivity index (χ1) is 7.25. The normalized spacial score (nSPS) is 15.5. The number of hydrogen-bond acceptors (Lipinski definition) is 0. The van der Waals surface area contributed by atoms with E-state index in [1.165, 1.54) is 0 Å². The molecule has 0 aliphatic heterocycles. The largest absolute Gasteiger partial charge is 0.381 e. The van der Waals surface area contributed by atoms with Crippen LogP contribution in [-0.2, 0) is 0 Å².